The quantitative estimate of drug-likeness (QED) is 0.0903. The number of nitrogens with zero attached hydrogens (tertiary/aromatic N) is 2. The second-order valence-electron chi connectivity index (χ2n) is 8.09. The molecule has 0 aromatic heterocycles. The molecule has 1 heterocycles. The summed E-state index contributed by atoms with van der Waals surface area (Å²) in [5.41, 5.74) is 0. The summed E-state index contributed by atoms with van der Waals surface area (Å²) in [6.45, 7) is 2.64. The maximum Gasteiger partial charge on any atom is 1.00 e. The van der Waals surface area contributed by atoms with Gasteiger partial charge >= 0.3 is 29.6 Å². The summed E-state index contributed by atoms with van der Waals surface area (Å²) in [5, 5.41) is 19.5. The van der Waals surface area contributed by atoms with E-state index in [9.17, 15) is 28.0 Å². The van der Waals surface area contributed by atoms with E-state index in [2.05, 4.69) is 17.1 Å². The minimum absolute atomic E-state index is 0. The van der Waals surface area contributed by atoms with Crippen molar-refractivity contribution in [2.75, 3.05) is 38.5 Å². The van der Waals surface area contributed by atoms with Gasteiger partial charge in [-0.15, -0.1) is 0 Å². The number of Topliss-reactive ketones (excluding diaryl/α,β-unsaturated/α-hetero) is 1. The van der Waals surface area contributed by atoms with Gasteiger partial charge < -0.3 is 14.8 Å². The standard InChI is InChI=1S/C21H38N2O6S.Na/c1-2-3-4-5-6-7-8-9-10-11-12-20(26)21-22-13-14-23(21,15-16-24)17-19(25)18-30(27,28)29;/h2-3,19,24-25H,4-18H2,1H3;/q;+1/b3-2+;. The number of hydrogen-bond donors (Lipinski definition) is 2. The van der Waals surface area contributed by atoms with Crippen molar-refractivity contribution in [3.63, 3.8) is 0 Å². The van der Waals surface area contributed by atoms with E-state index in [0.717, 1.165) is 32.1 Å². The van der Waals surface area contributed by atoms with Crippen molar-refractivity contribution in [2.24, 2.45) is 4.99 Å². The third kappa shape index (κ3) is 12.6. The molecule has 1 aliphatic heterocycles. The van der Waals surface area contributed by atoms with E-state index in [1.165, 1.54) is 19.3 Å². The van der Waals surface area contributed by atoms with Crippen molar-refractivity contribution in [1.29, 1.82) is 0 Å². The first-order valence-electron chi connectivity index (χ1n) is 11.0. The van der Waals surface area contributed by atoms with Gasteiger partial charge in [0.25, 0.3) is 5.84 Å². The molecule has 0 fully saturated rings. The molecule has 0 bridgehead atoms. The summed E-state index contributed by atoms with van der Waals surface area (Å²) < 4.78 is 32.8. The number of aliphatic hydroxyl groups is 2. The van der Waals surface area contributed by atoms with Gasteiger partial charge in [0.15, 0.2) is 0 Å². The summed E-state index contributed by atoms with van der Waals surface area (Å²) in [4.78, 5) is 17.0. The smallest absolute Gasteiger partial charge is 0.748 e. The van der Waals surface area contributed by atoms with Crippen LogP contribution in [0.5, 0.6) is 0 Å². The van der Waals surface area contributed by atoms with E-state index in [-0.39, 0.29) is 65.4 Å². The molecule has 0 amide bonds. The number of aliphatic hydroxyl groups excluding tert-OH is 2. The first-order chi connectivity index (χ1) is 14.2. The van der Waals surface area contributed by atoms with Crippen molar-refractivity contribution >= 4 is 21.7 Å². The number of allylic oxidation sites excluding steroid dienone is 2. The van der Waals surface area contributed by atoms with Crippen molar-refractivity contribution in [3.05, 3.63) is 12.2 Å². The van der Waals surface area contributed by atoms with Gasteiger partial charge in [0.1, 0.15) is 25.7 Å². The third-order valence-electron chi connectivity index (χ3n) is 5.48. The average molecular weight is 470 g/mol. The SMILES string of the molecule is C/C=C/CCCCCCCCCC(=O)C1=NCC[N+]1(CCO)CC(O)CS(=O)(=O)[O-].[Na+]. The molecule has 1 rings (SSSR count). The number of carbonyl (C=O) groups is 1. The molecule has 2 N–H and O–H groups in total. The Labute approximate surface area is 209 Å². The summed E-state index contributed by atoms with van der Waals surface area (Å²) in [6, 6.07) is 0. The normalized spacial score (nSPS) is 19.9. The van der Waals surface area contributed by atoms with Crippen LogP contribution in [0.4, 0.5) is 0 Å². The van der Waals surface area contributed by atoms with Gasteiger partial charge in [0.2, 0.25) is 5.78 Å². The predicted molar refractivity (Wildman–Crippen MR) is 116 cm³/mol. The topological polar surface area (TPSA) is 127 Å². The first kappa shape index (κ1) is 30.9. The number of ketones is 1. The molecule has 0 aromatic rings. The second kappa shape index (κ2) is 16.5. The Bertz CT molecular complexity index is 683. The molecule has 8 nitrogen and oxygen atoms in total. The maximum absolute atomic E-state index is 12.7. The summed E-state index contributed by atoms with van der Waals surface area (Å²) in [6.07, 6.45) is 12.0. The molecule has 1 aliphatic rings. The molecular formula is C21H38N2NaO6S+. The average Bonchev–Trinajstić information content (AvgIpc) is 3.04. The van der Waals surface area contributed by atoms with Crippen LogP contribution in [0.2, 0.25) is 0 Å². The summed E-state index contributed by atoms with van der Waals surface area (Å²) in [5.74, 6) is -0.742. The van der Waals surface area contributed by atoms with Gasteiger partial charge in [-0.2, -0.15) is 0 Å². The fourth-order valence-corrected chi connectivity index (χ4v) is 4.61. The fourth-order valence-electron chi connectivity index (χ4n) is 4.04. The third-order valence-corrected chi connectivity index (χ3v) is 6.28. The molecule has 0 aromatic carbocycles. The van der Waals surface area contributed by atoms with Crippen molar-refractivity contribution in [1.82, 2.24) is 0 Å². The Kier molecular flexibility index (Phi) is 16.4. The van der Waals surface area contributed by atoms with Gasteiger partial charge in [-0.3, -0.25) is 9.28 Å². The van der Waals surface area contributed by atoms with E-state index < -0.39 is 22.0 Å². The van der Waals surface area contributed by atoms with Crippen LogP contribution in [0.1, 0.15) is 64.7 Å². The van der Waals surface area contributed by atoms with Gasteiger partial charge in [-0.1, -0.05) is 44.3 Å². The predicted octanol–water partition coefficient (Wildman–Crippen LogP) is -1.23. The minimum Gasteiger partial charge on any atom is -0.748 e. The molecule has 174 valence electrons. The molecule has 2 unspecified atom stereocenters. The molecule has 10 heteroatoms. The number of amidine groups is 1. The van der Waals surface area contributed by atoms with E-state index in [0.29, 0.717) is 19.5 Å². The fraction of sp³-hybridized carbons (Fsp3) is 0.810. The minimum atomic E-state index is -4.58. The second-order valence-corrected chi connectivity index (χ2v) is 9.54. The van der Waals surface area contributed by atoms with Crippen LogP contribution >= 0.6 is 0 Å². The Balaban J connectivity index is 0.00000900. The van der Waals surface area contributed by atoms with Crippen LogP contribution in [0.3, 0.4) is 0 Å². The van der Waals surface area contributed by atoms with Crippen molar-refractivity contribution < 1.29 is 62.0 Å². The Morgan fingerprint density at radius 1 is 1.19 bits per heavy atom. The van der Waals surface area contributed by atoms with Crippen molar-refractivity contribution in [2.45, 2.75) is 70.8 Å². The summed E-state index contributed by atoms with van der Waals surface area (Å²) in [7, 11) is -4.58. The molecule has 2 atom stereocenters. The van der Waals surface area contributed by atoms with Crippen LogP contribution in [0, 0.1) is 0 Å². The zero-order valence-corrected chi connectivity index (χ0v) is 22.0. The van der Waals surface area contributed by atoms with Crippen LogP contribution in [-0.4, -0.2) is 83.9 Å². The molecule has 0 saturated heterocycles. The number of unbranched alkanes of at least 4 members (excludes halogenated alkanes) is 7. The summed E-state index contributed by atoms with van der Waals surface area (Å²) >= 11 is 0. The van der Waals surface area contributed by atoms with Gasteiger partial charge in [-0.25, -0.2) is 13.4 Å². The van der Waals surface area contributed by atoms with Crippen LogP contribution in [0.15, 0.2) is 17.1 Å². The maximum atomic E-state index is 12.7. The number of rotatable bonds is 17. The molecule has 0 spiro atoms. The molecule has 0 saturated carbocycles. The Morgan fingerprint density at radius 3 is 2.39 bits per heavy atom. The monoisotopic (exact) mass is 469 g/mol. The molecule has 31 heavy (non-hydrogen) atoms. The Morgan fingerprint density at radius 2 is 1.81 bits per heavy atom. The number of carbonyl (C=O) groups excluding carboxylic acids is 1. The van der Waals surface area contributed by atoms with E-state index in [1.54, 1.807) is 0 Å². The van der Waals surface area contributed by atoms with Gasteiger partial charge in [0, 0.05) is 6.42 Å². The van der Waals surface area contributed by atoms with Gasteiger partial charge in [0.05, 0.1) is 29.0 Å². The largest absolute Gasteiger partial charge is 1.00 e. The Hall–Kier alpha value is -0.130. The molecule has 0 radical (unpaired) electrons. The zero-order chi connectivity index (χ0) is 22.5. The number of hydrogen-bond acceptors (Lipinski definition) is 7. The van der Waals surface area contributed by atoms with Gasteiger partial charge in [-0.05, 0) is 26.2 Å². The van der Waals surface area contributed by atoms with Crippen LogP contribution < -0.4 is 29.6 Å². The van der Waals surface area contributed by atoms with Crippen LogP contribution in [-0.2, 0) is 14.9 Å². The van der Waals surface area contributed by atoms with Crippen LogP contribution in [0.25, 0.3) is 0 Å². The number of aliphatic imine (C=N–C) groups is 1. The van der Waals surface area contributed by atoms with E-state index in [1.807, 2.05) is 6.92 Å². The molecular weight excluding hydrogens is 431 g/mol. The number of quaternary nitrogens is 1. The zero-order valence-electron chi connectivity index (χ0n) is 19.2. The molecule has 0 aliphatic carbocycles. The first-order valence-corrected chi connectivity index (χ1v) is 12.6. The van der Waals surface area contributed by atoms with E-state index >= 15 is 0 Å². The van der Waals surface area contributed by atoms with E-state index in [4.69, 9.17) is 0 Å². The van der Waals surface area contributed by atoms with Crippen molar-refractivity contribution in [3.8, 4) is 0 Å².